The van der Waals surface area contributed by atoms with E-state index in [0.29, 0.717) is 24.4 Å². The molecule has 0 bridgehead atoms. The molecule has 5 nitrogen and oxygen atoms in total. The molecule has 2 aromatic carbocycles. The first-order chi connectivity index (χ1) is 11.5. The summed E-state index contributed by atoms with van der Waals surface area (Å²) < 4.78 is 18.5. The van der Waals surface area contributed by atoms with Crippen LogP contribution in [0.3, 0.4) is 0 Å². The molecule has 24 heavy (non-hydrogen) atoms. The van der Waals surface area contributed by atoms with Gasteiger partial charge in [-0.05, 0) is 43.2 Å². The van der Waals surface area contributed by atoms with Crippen LogP contribution in [0.5, 0.6) is 5.75 Å². The number of amides is 2. The van der Waals surface area contributed by atoms with Crippen molar-refractivity contribution in [1.29, 1.82) is 0 Å². The standard InChI is InChI=1S/C18H17FN2O3/c1-18(17(23)21-14-4-2-3-5-15(14)24-18)16(22)20-11-10-12-6-8-13(19)9-7-12/h2-9H,10-11H2,1H3,(H,20,22)(H,21,23)/t18-/m0/s1. The number of carbonyl (C=O) groups is 2. The lowest BCUT2D eigenvalue weighted by Crippen LogP contribution is -2.58. The van der Waals surface area contributed by atoms with Gasteiger partial charge in [-0.2, -0.15) is 0 Å². The van der Waals surface area contributed by atoms with Crippen molar-refractivity contribution in [3.05, 3.63) is 59.9 Å². The van der Waals surface area contributed by atoms with Crippen molar-refractivity contribution >= 4 is 17.5 Å². The Morgan fingerprint density at radius 3 is 2.67 bits per heavy atom. The normalized spacial score (nSPS) is 19.0. The van der Waals surface area contributed by atoms with Gasteiger partial charge in [0.15, 0.2) is 0 Å². The monoisotopic (exact) mass is 328 g/mol. The number of ether oxygens (including phenoxy) is 1. The second kappa shape index (κ2) is 6.31. The molecule has 0 saturated heterocycles. The third kappa shape index (κ3) is 3.08. The highest BCUT2D eigenvalue weighted by atomic mass is 19.1. The predicted molar refractivity (Wildman–Crippen MR) is 87.2 cm³/mol. The van der Waals surface area contributed by atoms with Gasteiger partial charge in [0.1, 0.15) is 11.6 Å². The van der Waals surface area contributed by atoms with Crippen molar-refractivity contribution in [2.75, 3.05) is 11.9 Å². The first-order valence-corrected chi connectivity index (χ1v) is 7.61. The van der Waals surface area contributed by atoms with Gasteiger partial charge >= 0.3 is 0 Å². The molecular formula is C18H17FN2O3. The van der Waals surface area contributed by atoms with Gasteiger partial charge in [0.05, 0.1) is 5.69 Å². The molecular weight excluding hydrogens is 311 g/mol. The van der Waals surface area contributed by atoms with Gasteiger partial charge in [-0.3, -0.25) is 9.59 Å². The fraction of sp³-hybridized carbons (Fsp3) is 0.222. The van der Waals surface area contributed by atoms with Gasteiger partial charge in [0, 0.05) is 6.54 Å². The lowest BCUT2D eigenvalue weighted by atomic mass is 10.0. The molecule has 0 aromatic heterocycles. The van der Waals surface area contributed by atoms with E-state index in [4.69, 9.17) is 4.74 Å². The Bertz CT molecular complexity index is 776. The summed E-state index contributed by atoms with van der Waals surface area (Å²) >= 11 is 0. The minimum Gasteiger partial charge on any atom is -0.466 e. The molecule has 0 radical (unpaired) electrons. The number of nitrogens with one attached hydrogen (secondary N) is 2. The van der Waals surface area contributed by atoms with Crippen LogP contribution >= 0.6 is 0 Å². The number of halogens is 1. The summed E-state index contributed by atoms with van der Waals surface area (Å²) in [6.45, 7) is 1.75. The lowest BCUT2D eigenvalue weighted by molar-refractivity contribution is -0.146. The molecule has 2 N–H and O–H groups in total. The Morgan fingerprint density at radius 2 is 1.92 bits per heavy atom. The molecule has 1 atom stereocenters. The summed E-state index contributed by atoms with van der Waals surface area (Å²) in [5.41, 5.74) is -0.197. The maximum absolute atomic E-state index is 12.9. The van der Waals surface area contributed by atoms with Crippen molar-refractivity contribution in [2.45, 2.75) is 18.9 Å². The average molecular weight is 328 g/mol. The number of fused-ring (bicyclic) bond motifs is 1. The van der Waals surface area contributed by atoms with Crippen LogP contribution in [0.15, 0.2) is 48.5 Å². The van der Waals surface area contributed by atoms with E-state index in [1.165, 1.54) is 19.1 Å². The highest BCUT2D eigenvalue weighted by Crippen LogP contribution is 2.33. The minimum atomic E-state index is -1.63. The third-order valence-electron chi connectivity index (χ3n) is 3.93. The second-order valence-electron chi connectivity index (χ2n) is 5.72. The quantitative estimate of drug-likeness (QED) is 0.846. The lowest BCUT2D eigenvalue weighted by Gasteiger charge is -2.33. The number of hydrogen-bond donors (Lipinski definition) is 2. The molecule has 1 aliphatic rings. The van der Waals surface area contributed by atoms with Crippen LogP contribution in [0, 0.1) is 5.82 Å². The van der Waals surface area contributed by atoms with Crippen LogP contribution in [-0.4, -0.2) is 24.0 Å². The molecule has 0 unspecified atom stereocenters. The highest BCUT2D eigenvalue weighted by molar-refractivity contribution is 6.15. The maximum Gasteiger partial charge on any atom is 0.278 e. The van der Waals surface area contributed by atoms with Crippen LogP contribution in [0.4, 0.5) is 10.1 Å². The van der Waals surface area contributed by atoms with Crippen LogP contribution in [0.25, 0.3) is 0 Å². The summed E-state index contributed by atoms with van der Waals surface area (Å²) in [5, 5.41) is 5.38. The Kier molecular flexibility index (Phi) is 4.20. The highest BCUT2D eigenvalue weighted by Gasteiger charge is 2.46. The Balaban J connectivity index is 1.63. The molecule has 2 aromatic rings. The van der Waals surface area contributed by atoms with Crippen LogP contribution in [0.1, 0.15) is 12.5 Å². The summed E-state index contributed by atoms with van der Waals surface area (Å²) in [4.78, 5) is 24.7. The summed E-state index contributed by atoms with van der Waals surface area (Å²) in [6, 6.07) is 13.0. The Hall–Kier alpha value is -2.89. The van der Waals surface area contributed by atoms with Crippen molar-refractivity contribution in [3.8, 4) is 5.75 Å². The van der Waals surface area contributed by atoms with E-state index in [9.17, 15) is 14.0 Å². The Morgan fingerprint density at radius 1 is 1.21 bits per heavy atom. The first-order valence-electron chi connectivity index (χ1n) is 7.61. The zero-order valence-corrected chi connectivity index (χ0v) is 13.1. The van der Waals surface area contributed by atoms with Crippen LogP contribution < -0.4 is 15.4 Å². The van der Waals surface area contributed by atoms with E-state index in [-0.39, 0.29) is 5.82 Å². The topological polar surface area (TPSA) is 67.4 Å². The molecule has 0 aliphatic carbocycles. The van der Waals surface area contributed by atoms with Gasteiger partial charge in [0.2, 0.25) is 0 Å². The van der Waals surface area contributed by atoms with Crippen molar-refractivity contribution < 1.29 is 18.7 Å². The largest absolute Gasteiger partial charge is 0.466 e. The van der Waals surface area contributed by atoms with Gasteiger partial charge in [-0.1, -0.05) is 24.3 Å². The second-order valence-corrected chi connectivity index (χ2v) is 5.72. The van der Waals surface area contributed by atoms with Gasteiger partial charge in [0.25, 0.3) is 17.4 Å². The number of para-hydroxylation sites is 2. The van der Waals surface area contributed by atoms with Gasteiger partial charge in [-0.15, -0.1) is 0 Å². The van der Waals surface area contributed by atoms with Gasteiger partial charge < -0.3 is 15.4 Å². The molecule has 0 saturated carbocycles. The summed E-state index contributed by atoms with van der Waals surface area (Å²) in [6.07, 6.45) is 0.528. The average Bonchev–Trinajstić information content (AvgIpc) is 2.57. The molecule has 1 heterocycles. The SMILES string of the molecule is C[C@@]1(C(=O)NCCc2ccc(F)cc2)Oc2ccccc2NC1=O. The Labute approximate surface area is 138 Å². The number of rotatable bonds is 4. The zero-order valence-electron chi connectivity index (χ0n) is 13.1. The van der Waals surface area contributed by atoms with E-state index < -0.39 is 17.4 Å². The van der Waals surface area contributed by atoms with Gasteiger partial charge in [-0.25, -0.2) is 4.39 Å². The minimum absolute atomic E-state index is 0.304. The van der Waals surface area contributed by atoms with Crippen LogP contribution in [0.2, 0.25) is 0 Å². The molecule has 6 heteroatoms. The molecule has 0 fully saturated rings. The molecule has 1 aliphatic heterocycles. The number of benzene rings is 2. The number of anilines is 1. The fourth-order valence-electron chi connectivity index (χ4n) is 2.46. The first kappa shape index (κ1) is 16.0. The molecule has 3 rings (SSSR count). The summed E-state index contributed by atoms with van der Waals surface area (Å²) in [5.74, 6) is -0.883. The van der Waals surface area contributed by atoms with E-state index in [2.05, 4.69) is 10.6 Å². The zero-order chi connectivity index (χ0) is 17.2. The number of hydrogen-bond acceptors (Lipinski definition) is 3. The molecule has 2 amide bonds. The van der Waals surface area contributed by atoms with E-state index in [0.717, 1.165) is 5.56 Å². The molecule has 124 valence electrons. The number of carbonyl (C=O) groups excluding carboxylic acids is 2. The fourth-order valence-corrected chi connectivity index (χ4v) is 2.46. The predicted octanol–water partition coefficient (Wildman–Crippen LogP) is 2.27. The van der Waals surface area contributed by atoms with Crippen LogP contribution in [-0.2, 0) is 16.0 Å². The van der Waals surface area contributed by atoms with E-state index in [1.54, 1.807) is 36.4 Å². The summed E-state index contributed by atoms with van der Waals surface area (Å²) in [7, 11) is 0. The third-order valence-corrected chi connectivity index (χ3v) is 3.93. The molecule has 0 spiro atoms. The maximum atomic E-state index is 12.9. The van der Waals surface area contributed by atoms with E-state index >= 15 is 0 Å². The van der Waals surface area contributed by atoms with E-state index in [1.807, 2.05) is 0 Å². The van der Waals surface area contributed by atoms with Crippen molar-refractivity contribution in [1.82, 2.24) is 5.32 Å². The van der Waals surface area contributed by atoms with Crippen molar-refractivity contribution in [3.63, 3.8) is 0 Å². The van der Waals surface area contributed by atoms with Crippen molar-refractivity contribution in [2.24, 2.45) is 0 Å². The smallest absolute Gasteiger partial charge is 0.278 e.